The molecule has 150 valence electrons. The Hall–Kier alpha value is -2.41. The Morgan fingerprint density at radius 1 is 1.24 bits per heavy atom. The summed E-state index contributed by atoms with van der Waals surface area (Å²) in [6.45, 7) is 4.25. The number of fused-ring (bicyclic) bond motifs is 3. The standard InChI is InChI=1S/C22H21ClN2O3S/c1-2-27-11-6-10-25(14-15-7-5-12-28-15)22(26)19-13-17-20(29-19)16-8-3-4-9-18(16)24-21(17)23/h3-5,7-9,12-13H,2,6,10-11,14H2,1H3. The highest BCUT2D eigenvalue weighted by Crippen LogP contribution is 2.36. The number of ether oxygens (including phenoxy) is 1. The molecule has 4 aromatic rings. The van der Waals surface area contributed by atoms with E-state index < -0.39 is 0 Å². The molecule has 0 bridgehead atoms. The third kappa shape index (κ3) is 4.29. The number of benzene rings is 1. The minimum atomic E-state index is -0.0424. The van der Waals surface area contributed by atoms with Crippen LogP contribution in [-0.4, -0.2) is 35.5 Å². The summed E-state index contributed by atoms with van der Waals surface area (Å²) < 4.78 is 11.9. The average Bonchev–Trinajstić information content (AvgIpc) is 3.40. The molecule has 0 N–H and O–H groups in total. The van der Waals surface area contributed by atoms with Crippen LogP contribution in [0.15, 0.2) is 53.1 Å². The number of amides is 1. The Morgan fingerprint density at radius 3 is 2.90 bits per heavy atom. The van der Waals surface area contributed by atoms with E-state index in [1.165, 1.54) is 11.3 Å². The van der Waals surface area contributed by atoms with E-state index in [0.29, 0.717) is 36.3 Å². The van der Waals surface area contributed by atoms with Crippen molar-refractivity contribution < 1.29 is 13.9 Å². The summed E-state index contributed by atoms with van der Waals surface area (Å²) in [6.07, 6.45) is 2.38. The topological polar surface area (TPSA) is 55.6 Å². The molecule has 0 aliphatic rings. The number of hydrogen-bond donors (Lipinski definition) is 0. The molecule has 1 amide bonds. The Balaban J connectivity index is 1.66. The van der Waals surface area contributed by atoms with Gasteiger partial charge in [0.2, 0.25) is 0 Å². The van der Waals surface area contributed by atoms with Crippen LogP contribution in [0.5, 0.6) is 0 Å². The fourth-order valence-electron chi connectivity index (χ4n) is 3.28. The summed E-state index contributed by atoms with van der Waals surface area (Å²) in [5.74, 6) is 0.709. The summed E-state index contributed by atoms with van der Waals surface area (Å²) >= 11 is 7.86. The van der Waals surface area contributed by atoms with Gasteiger partial charge in [-0.2, -0.15) is 0 Å². The minimum absolute atomic E-state index is 0.0424. The fourth-order valence-corrected chi connectivity index (χ4v) is 4.74. The molecule has 0 aliphatic carbocycles. The Labute approximate surface area is 177 Å². The van der Waals surface area contributed by atoms with Gasteiger partial charge in [0, 0.05) is 35.2 Å². The highest BCUT2D eigenvalue weighted by Gasteiger charge is 2.21. The molecular formula is C22H21ClN2O3S. The van der Waals surface area contributed by atoms with Crippen LogP contribution in [0, 0.1) is 0 Å². The lowest BCUT2D eigenvalue weighted by atomic mass is 10.2. The Bertz CT molecular complexity index is 1120. The van der Waals surface area contributed by atoms with Gasteiger partial charge in [0.15, 0.2) is 0 Å². The molecule has 4 rings (SSSR count). The number of hydrogen-bond acceptors (Lipinski definition) is 5. The van der Waals surface area contributed by atoms with E-state index in [1.54, 1.807) is 11.2 Å². The number of aromatic nitrogens is 1. The van der Waals surface area contributed by atoms with Crippen molar-refractivity contribution in [2.45, 2.75) is 19.9 Å². The molecule has 0 saturated carbocycles. The highest BCUT2D eigenvalue weighted by molar-refractivity contribution is 7.21. The molecule has 7 heteroatoms. The maximum Gasteiger partial charge on any atom is 0.264 e. The van der Waals surface area contributed by atoms with Crippen molar-refractivity contribution in [2.24, 2.45) is 0 Å². The monoisotopic (exact) mass is 428 g/mol. The second-order valence-corrected chi connectivity index (χ2v) is 8.04. The van der Waals surface area contributed by atoms with Crippen molar-refractivity contribution in [3.8, 4) is 0 Å². The van der Waals surface area contributed by atoms with Gasteiger partial charge in [0.25, 0.3) is 5.91 Å². The molecule has 3 heterocycles. The summed E-state index contributed by atoms with van der Waals surface area (Å²) in [5.41, 5.74) is 0.829. The van der Waals surface area contributed by atoms with Gasteiger partial charge in [0.1, 0.15) is 10.9 Å². The van der Waals surface area contributed by atoms with Gasteiger partial charge in [-0.1, -0.05) is 29.8 Å². The molecule has 0 fully saturated rings. The predicted octanol–water partition coefficient (Wildman–Crippen LogP) is 5.76. The zero-order valence-electron chi connectivity index (χ0n) is 16.1. The van der Waals surface area contributed by atoms with E-state index in [2.05, 4.69) is 4.98 Å². The second-order valence-electron chi connectivity index (χ2n) is 6.63. The van der Waals surface area contributed by atoms with Crippen LogP contribution in [0.1, 0.15) is 28.8 Å². The van der Waals surface area contributed by atoms with Crippen molar-refractivity contribution >= 4 is 49.8 Å². The average molecular weight is 429 g/mol. The van der Waals surface area contributed by atoms with E-state index in [0.717, 1.165) is 33.2 Å². The highest BCUT2D eigenvalue weighted by atomic mass is 35.5. The van der Waals surface area contributed by atoms with Gasteiger partial charge in [0.05, 0.1) is 23.2 Å². The molecule has 0 radical (unpaired) electrons. The van der Waals surface area contributed by atoms with Crippen LogP contribution in [0.2, 0.25) is 5.15 Å². The molecule has 5 nitrogen and oxygen atoms in total. The minimum Gasteiger partial charge on any atom is -0.467 e. The first-order valence-corrected chi connectivity index (χ1v) is 10.7. The van der Waals surface area contributed by atoms with Gasteiger partial charge in [-0.15, -0.1) is 11.3 Å². The van der Waals surface area contributed by atoms with E-state index in [1.807, 2.05) is 49.4 Å². The summed E-state index contributed by atoms with van der Waals surface area (Å²) in [5, 5.41) is 2.23. The molecule has 0 aliphatic heterocycles. The van der Waals surface area contributed by atoms with Crippen molar-refractivity contribution in [1.82, 2.24) is 9.88 Å². The third-order valence-corrected chi connectivity index (χ3v) is 6.11. The van der Waals surface area contributed by atoms with Crippen LogP contribution in [0.3, 0.4) is 0 Å². The fraction of sp³-hybridized carbons (Fsp3) is 0.273. The van der Waals surface area contributed by atoms with Crippen molar-refractivity contribution in [1.29, 1.82) is 0 Å². The quantitative estimate of drug-likeness (QED) is 0.264. The van der Waals surface area contributed by atoms with Crippen LogP contribution in [0.4, 0.5) is 0 Å². The van der Waals surface area contributed by atoms with Crippen LogP contribution in [-0.2, 0) is 11.3 Å². The molecule has 0 saturated heterocycles. The molecule has 0 atom stereocenters. The van der Waals surface area contributed by atoms with Gasteiger partial charge >= 0.3 is 0 Å². The molecule has 1 aromatic carbocycles. The lowest BCUT2D eigenvalue weighted by molar-refractivity contribution is 0.0704. The molecule has 0 spiro atoms. The third-order valence-electron chi connectivity index (χ3n) is 4.67. The summed E-state index contributed by atoms with van der Waals surface area (Å²) in [6, 6.07) is 13.4. The van der Waals surface area contributed by atoms with Gasteiger partial charge in [-0.3, -0.25) is 4.79 Å². The number of carbonyl (C=O) groups excluding carboxylic acids is 1. The van der Waals surface area contributed by atoms with Gasteiger partial charge in [-0.05, 0) is 37.6 Å². The number of halogens is 1. The van der Waals surface area contributed by atoms with Gasteiger partial charge in [-0.25, -0.2) is 4.98 Å². The number of thiophene rings is 1. The summed E-state index contributed by atoms with van der Waals surface area (Å²) in [7, 11) is 0. The summed E-state index contributed by atoms with van der Waals surface area (Å²) in [4.78, 5) is 20.2. The number of pyridine rings is 1. The lowest BCUT2D eigenvalue weighted by Crippen LogP contribution is -2.31. The zero-order chi connectivity index (χ0) is 20.2. The Kier molecular flexibility index (Phi) is 6.13. The first-order valence-electron chi connectivity index (χ1n) is 9.54. The SMILES string of the molecule is CCOCCCN(Cc1ccco1)C(=O)c1cc2c(Cl)nc3ccccc3c2s1. The maximum absolute atomic E-state index is 13.3. The first-order chi connectivity index (χ1) is 14.2. The van der Waals surface area contributed by atoms with Crippen molar-refractivity contribution in [3.05, 3.63) is 64.5 Å². The molecule has 29 heavy (non-hydrogen) atoms. The first kappa shape index (κ1) is 19.9. The van der Waals surface area contributed by atoms with Crippen LogP contribution >= 0.6 is 22.9 Å². The maximum atomic E-state index is 13.3. The Morgan fingerprint density at radius 2 is 2.10 bits per heavy atom. The van der Waals surface area contributed by atoms with E-state index in [-0.39, 0.29) is 5.91 Å². The largest absolute Gasteiger partial charge is 0.467 e. The molecular weight excluding hydrogens is 408 g/mol. The van der Waals surface area contributed by atoms with Crippen molar-refractivity contribution in [3.63, 3.8) is 0 Å². The lowest BCUT2D eigenvalue weighted by Gasteiger charge is -2.21. The van der Waals surface area contributed by atoms with Crippen molar-refractivity contribution in [2.75, 3.05) is 19.8 Å². The smallest absolute Gasteiger partial charge is 0.264 e. The number of carbonyl (C=O) groups is 1. The van der Waals surface area contributed by atoms with Crippen LogP contribution in [0.25, 0.3) is 21.0 Å². The van der Waals surface area contributed by atoms with E-state index in [9.17, 15) is 4.79 Å². The van der Waals surface area contributed by atoms with E-state index >= 15 is 0 Å². The van der Waals surface area contributed by atoms with Gasteiger partial charge < -0.3 is 14.1 Å². The van der Waals surface area contributed by atoms with E-state index in [4.69, 9.17) is 20.8 Å². The number of para-hydroxylation sites is 1. The van der Waals surface area contributed by atoms with Crippen LogP contribution < -0.4 is 0 Å². The molecule has 0 unspecified atom stereocenters. The normalized spacial score (nSPS) is 11.4. The predicted molar refractivity (Wildman–Crippen MR) is 117 cm³/mol. The zero-order valence-corrected chi connectivity index (χ0v) is 17.6. The number of nitrogens with zero attached hydrogens (tertiary/aromatic N) is 2. The number of rotatable bonds is 8. The number of furan rings is 1. The molecule has 3 aromatic heterocycles. The second kappa shape index (κ2) is 8.95.